The zero-order valence-electron chi connectivity index (χ0n) is 47.1. The first-order valence-electron chi connectivity index (χ1n) is 27.2. The molecule has 2 aromatic carbocycles. The Hall–Kier alpha value is -4.63. The molecule has 4 saturated heterocycles. The Kier molecular flexibility index (Phi) is 19.1. The number of carbonyl (C=O) groups excluding carboxylic acids is 4. The SMILES string of the molecule is CC[C@H]1OC(=O)[C@H](C)C(O[C@H]2C[C@@](C)(OC)[C@@H](OC(=O)c3ccccc3)[C@H](C)O2)[C@H](C)[C@@H](O[C@@H]2O[C@H](C)C[C@H](N(C)C)[C@H]2O)[C@](C)(OC)C[C@@H](C)C(=O)[C@H](C)[C@@H]2N(NCCCc3ccnc4ccccc34)C(=O)O[C@@]21C. The topological polar surface area (TPSA) is 203 Å². The van der Waals surface area contributed by atoms with E-state index in [4.69, 9.17) is 42.6 Å². The third-order valence-corrected chi connectivity index (χ3v) is 16.9. The molecule has 0 saturated carbocycles. The lowest BCUT2D eigenvalue weighted by molar-refractivity contribution is -0.319. The van der Waals surface area contributed by atoms with Gasteiger partial charge >= 0.3 is 18.0 Å². The number of nitrogens with one attached hydrogen (secondary N) is 1. The fourth-order valence-corrected chi connectivity index (χ4v) is 12.5. The number of benzene rings is 2. The first kappa shape index (κ1) is 59.0. The number of ether oxygens (including phenoxy) is 9. The highest BCUT2D eigenvalue weighted by molar-refractivity contribution is 5.89. The molecule has 4 aliphatic heterocycles. The molecule has 1 aromatic heterocycles. The number of likely N-dealkylation sites (N-methyl/N-ethyl adjacent to an activating group) is 1. The van der Waals surface area contributed by atoms with Crippen molar-refractivity contribution in [3.63, 3.8) is 0 Å². The van der Waals surface area contributed by atoms with E-state index >= 15 is 9.59 Å². The quantitative estimate of drug-likeness (QED) is 0.0862. The maximum atomic E-state index is 15.2. The number of aliphatic hydroxyl groups excluding tert-OH is 1. The van der Waals surface area contributed by atoms with Gasteiger partial charge in [-0.05, 0) is 118 Å². The number of hydrazine groups is 1. The van der Waals surface area contributed by atoms with E-state index in [1.807, 2.05) is 96.9 Å². The van der Waals surface area contributed by atoms with Gasteiger partial charge in [-0.1, -0.05) is 64.1 Å². The lowest BCUT2D eigenvalue weighted by Gasteiger charge is -2.50. The molecule has 2 N–H and O–H groups in total. The number of aryl methyl sites for hydroxylation is 1. The van der Waals surface area contributed by atoms with Gasteiger partial charge in [0.1, 0.15) is 29.6 Å². The lowest BCUT2D eigenvalue weighted by Crippen LogP contribution is -2.62. The van der Waals surface area contributed by atoms with Gasteiger partial charge in [-0.25, -0.2) is 20.0 Å². The summed E-state index contributed by atoms with van der Waals surface area (Å²) in [7, 11) is 6.86. The Morgan fingerprint density at radius 2 is 1.54 bits per heavy atom. The zero-order valence-corrected chi connectivity index (χ0v) is 47.1. The second-order valence-corrected chi connectivity index (χ2v) is 22.6. The number of carbonyl (C=O) groups is 4. The Morgan fingerprint density at radius 1 is 0.868 bits per heavy atom. The summed E-state index contributed by atoms with van der Waals surface area (Å²) >= 11 is 0. The van der Waals surface area contributed by atoms with Crippen LogP contribution in [-0.2, 0) is 58.6 Å². The number of amides is 1. The van der Waals surface area contributed by atoms with E-state index in [0.29, 0.717) is 31.4 Å². The summed E-state index contributed by atoms with van der Waals surface area (Å²) in [6.07, 6.45) is -4.94. The van der Waals surface area contributed by atoms with Crippen molar-refractivity contribution in [1.29, 1.82) is 0 Å². The number of nitrogens with zero attached hydrogens (tertiary/aromatic N) is 3. The maximum absolute atomic E-state index is 15.2. The molecule has 0 aliphatic carbocycles. The van der Waals surface area contributed by atoms with Crippen LogP contribution in [0.5, 0.6) is 0 Å². The molecule has 18 atom stereocenters. The molecule has 0 radical (unpaired) electrons. The molecule has 0 spiro atoms. The standard InChI is InChI=1S/C58H84N4O14/c1-15-44-58(10)49(62(55(67)76-58)60-28-21-24-39-27-29-59-42-26-20-19-25-41(39)42)35(4)46(63)33(2)31-56(8,68-13)50(75-54-47(64)43(61(11)12)30-34(3)70-54)36(5)48(37(6)52(65)72-44)73-45-32-57(9,69-14)51(38(7)71-45)74-53(66)40-22-17-16-18-23-40/h16-20,22-23,25-27,29,33-38,43-45,47-51,54,60,64H,15,21,24,28,30-32H2,1-14H3/t33-,34-,35+,36+,37-,38+,43+,44-,45+,47-,48?,49+,50-,51+,54+,56-,57-,58-/m1/s1. The number of ketones is 1. The molecule has 1 amide bonds. The number of para-hydroxylation sites is 1. The number of esters is 2. The van der Waals surface area contributed by atoms with Gasteiger partial charge in [0.25, 0.3) is 0 Å². The average Bonchev–Trinajstić information content (AvgIpc) is 3.66. The van der Waals surface area contributed by atoms with Crippen molar-refractivity contribution in [2.75, 3.05) is 34.9 Å². The summed E-state index contributed by atoms with van der Waals surface area (Å²) in [5.74, 6) is -4.76. The van der Waals surface area contributed by atoms with Crippen molar-refractivity contribution in [2.45, 2.75) is 192 Å². The second kappa shape index (κ2) is 24.6. The number of aromatic nitrogens is 1. The first-order chi connectivity index (χ1) is 36.0. The number of pyridine rings is 1. The fourth-order valence-electron chi connectivity index (χ4n) is 12.5. The van der Waals surface area contributed by atoms with Crippen molar-refractivity contribution < 1.29 is 66.9 Å². The third-order valence-electron chi connectivity index (χ3n) is 16.9. The van der Waals surface area contributed by atoms with Crippen LogP contribution >= 0.6 is 0 Å². The van der Waals surface area contributed by atoms with Crippen LogP contribution in [0.15, 0.2) is 66.9 Å². The summed E-state index contributed by atoms with van der Waals surface area (Å²) in [5, 5.41) is 14.4. The van der Waals surface area contributed by atoms with Crippen LogP contribution in [0.3, 0.4) is 0 Å². The molecule has 18 nitrogen and oxygen atoms in total. The van der Waals surface area contributed by atoms with Crippen molar-refractivity contribution in [3.8, 4) is 0 Å². The van der Waals surface area contributed by atoms with Crippen molar-refractivity contribution >= 4 is 34.7 Å². The smallest absolute Gasteiger partial charge is 0.425 e. The van der Waals surface area contributed by atoms with Crippen LogP contribution in [0.1, 0.15) is 117 Å². The highest BCUT2D eigenvalue weighted by atomic mass is 16.7. The Morgan fingerprint density at radius 3 is 2.21 bits per heavy atom. The predicted octanol–water partition coefficient (Wildman–Crippen LogP) is 7.46. The van der Waals surface area contributed by atoms with E-state index < -0.39 is 114 Å². The van der Waals surface area contributed by atoms with Crippen LogP contribution in [-0.4, -0.2) is 163 Å². The van der Waals surface area contributed by atoms with E-state index in [-0.39, 0.29) is 37.2 Å². The number of aliphatic hydroxyl groups is 1. The first-order valence-corrected chi connectivity index (χ1v) is 27.2. The molecule has 18 heteroatoms. The monoisotopic (exact) mass is 1060 g/mol. The largest absolute Gasteiger partial charge is 0.458 e. The summed E-state index contributed by atoms with van der Waals surface area (Å²) in [5.41, 5.74) is 1.77. The minimum atomic E-state index is -1.50. The fraction of sp³-hybridized carbons (Fsp3) is 0.672. The van der Waals surface area contributed by atoms with E-state index in [2.05, 4.69) is 10.4 Å². The van der Waals surface area contributed by atoms with Crippen molar-refractivity contribution in [3.05, 3.63) is 78.0 Å². The van der Waals surface area contributed by atoms with E-state index in [1.54, 1.807) is 65.3 Å². The Labute approximate surface area is 449 Å². The normalized spacial score (nSPS) is 37.8. The molecule has 7 rings (SSSR count). The predicted molar refractivity (Wildman–Crippen MR) is 283 cm³/mol. The highest BCUT2D eigenvalue weighted by Crippen LogP contribution is 2.45. The van der Waals surface area contributed by atoms with Gasteiger partial charge in [0.2, 0.25) is 0 Å². The Balaban J connectivity index is 1.25. The maximum Gasteiger partial charge on any atom is 0.425 e. The molecule has 0 bridgehead atoms. The average molecular weight is 1060 g/mol. The summed E-state index contributed by atoms with van der Waals surface area (Å²) in [6, 6.07) is 17.4. The molecule has 1 unspecified atom stereocenters. The van der Waals surface area contributed by atoms with E-state index in [1.165, 1.54) is 12.1 Å². The van der Waals surface area contributed by atoms with Gasteiger partial charge in [-0.15, -0.1) is 0 Å². The minimum Gasteiger partial charge on any atom is -0.458 e. The summed E-state index contributed by atoms with van der Waals surface area (Å²) in [4.78, 5) is 64.6. The van der Waals surface area contributed by atoms with Gasteiger partial charge in [0.05, 0.1) is 47.0 Å². The van der Waals surface area contributed by atoms with E-state index in [9.17, 15) is 14.7 Å². The summed E-state index contributed by atoms with van der Waals surface area (Å²) < 4.78 is 58.8. The molecule has 4 aliphatic rings. The van der Waals surface area contributed by atoms with Crippen LogP contribution in [0.4, 0.5) is 4.79 Å². The highest BCUT2D eigenvalue weighted by Gasteiger charge is 2.61. The minimum absolute atomic E-state index is 0.0732. The van der Waals surface area contributed by atoms with Gasteiger partial charge in [0, 0.05) is 62.6 Å². The number of methoxy groups -OCH3 is 2. The molecular formula is C58H84N4O14. The number of rotatable bonds is 15. The van der Waals surface area contributed by atoms with Crippen LogP contribution < -0.4 is 5.43 Å². The lowest BCUT2D eigenvalue weighted by atomic mass is 9.73. The van der Waals surface area contributed by atoms with Crippen LogP contribution in [0, 0.1) is 23.7 Å². The molecule has 3 aromatic rings. The number of hydrogen-bond acceptors (Lipinski definition) is 17. The number of Topliss-reactive ketones (excluding diaryl/α,β-unsaturated/α-hetero) is 1. The van der Waals surface area contributed by atoms with Crippen molar-refractivity contribution in [1.82, 2.24) is 20.3 Å². The van der Waals surface area contributed by atoms with Gasteiger partial charge in [-0.3, -0.25) is 14.6 Å². The van der Waals surface area contributed by atoms with Gasteiger partial charge in [0.15, 0.2) is 24.3 Å². The molecule has 4 fully saturated rings. The van der Waals surface area contributed by atoms with E-state index in [0.717, 1.165) is 16.5 Å². The van der Waals surface area contributed by atoms with Crippen LogP contribution in [0.2, 0.25) is 0 Å². The molecular weight excluding hydrogens is 977 g/mol. The summed E-state index contributed by atoms with van der Waals surface area (Å²) in [6.45, 7) is 18.5. The van der Waals surface area contributed by atoms with Gasteiger partial charge < -0.3 is 52.6 Å². The Bertz CT molecular complexity index is 2460. The number of cyclic esters (lactones) is 1. The molecule has 420 valence electrons. The third kappa shape index (κ3) is 12.3. The molecule has 76 heavy (non-hydrogen) atoms. The second-order valence-electron chi connectivity index (χ2n) is 22.6. The zero-order chi connectivity index (χ0) is 55.4. The van der Waals surface area contributed by atoms with Crippen molar-refractivity contribution in [2.24, 2.45) is 23.7 Å². The van der Waals surface area contributed by atoms with Crippen LogP contribution in [0.25, 0.3) is 10.9 Å². The number of fused-ring (bicyclic) bond motifs is 2. The number of hydrogen-bond donors (Lipinski definition) is 2. The molecule has 5 heterocycles. The van der Waals surface area contributed by atoms with Gasteiger partial charge in [-0.2, -0.15) is 0 Å².